The normalized spacial score (nSPS) is 10.9. The highest BCUT2D eigenvalue weighted by molar-refractivity contribution is 7.99. The number of hydrogen-bond acceptors (Lipinski definition) is 5. The van der Waals surface area contributed by atoms with Crippen LogP contribution in [0.5, 0.6) is 0 Å². The van der Waals surface area contributed by atoms with Crippen LogP contribution in [0.3, 0.4) is 0 Å². The smallest absolute Gasteiger partial charge is 0.260 e. The minimum absolute atomic E-state index is 0.605. The second-order valence-corrected chi connectivity index (χ2v) is 5.62. The summed E-state index contributed by atoms with van der Waals surface area (Å²) in [4.78, 5) is 5.27. The van der Waals surface area contributed by atoms with Crippen molar-refractivity contribution in [1.82, 2.24) is 10.3 Å². The van der Waals surface area contributed by atoms with Crippen LogP contribution in [0.2, 0.25) is 5.02 Å². The molecule has 20 heavy (non-hydrogen) atoms. The molecule has 1 heterocycles. The van der Waals surface area contributed by atoms with Crippen LogP contribution in [-0.2, 0) is 11.3 Å². The van der Waals surface area contributed by atoms with Gasteiger partial charge < -0.3 is 14.5 Å². The Bertz CT molecular complexity index is 560. The molecule has 0 fully saturated rings. The number of methoxy groups -OCH3 is 1. The lowest BCUT2D eigenvalue weighted by Crippen LogP contribution is -2.18. The number of nitrogens with zero attached hydrogens (tertiary/aromatic N) is 1. The lowest BCUT2D eigenvalue weighted by Gasteiger charge is -2.10. The van der Waals surface area contributed by atoms with Crippen LogP contribution in [0.25, 0.3) is 0 Å². The van der Waals surface area contributed by atoms with Gasteiger partial charge in [0.25, 0.3) is 5.22 Å². The molecule has 0 aliphatic rings. The molecule has 0 unspecified atom stereocenters. The molecule has 0 saturated heterocycles. The van der Waals surface area contributed by atoms with Crippen molar-refractivity contribution in [2.75, 3.05) is 20.3 Å². The van der Waals surface area contributed by atoms with Gasteiger partial charge in [-0.1, -0.05) is 23.7 Å². The standard InChI is InChI=1S/C14H17ClN2O2S/c1-10-9-19-14(17-10)20-13-11(4-3-5-12(13)15)8-16-6-7-18-2/h3-5,9,16H,6-8H2,1-2H3. The van der Waals surface area contributed by atoms with Gasteiger partial charge in [0.15, 0.2) is 0 Å². The first-order chi connectivity index (χ1) is 9.70. The molecule has 1 aromatic heterocycles. The molecule has 1 aromatic carbocycles. The molecule has 108 valence electrons. The quantitative estimate of drug-likeness (QED) is 0.793. The average Bonchev–Trinajstić information content (AvgIpc) is 2.84. The molecule has 1 N–H and O–H groups in total. The molecule has 4 nitrogen and oxygen atoms in total. The molecule has 0 radical (unpaired) electrons. The summed E-state index contributed by atoms with van der Waals surface area (Å²) in [6.45, 7) is 4.10. The van der Waals surface area contributed by atoms with Gasteiger partial charge >= 0.3 is 0 Å². The van der Waals surface area contributed by atoms with E-state index in [0.717, 1.165) is 29.2 Å². The fourth-order valence-corrected chi connectivity index (χ4v) is 2.88. The highest BCUT2D eigenvalue weighted by Gasteiger charge is 2.12. The maximum Gasteiger partial charge on any atom is 0.260 e. The van der Waals surface area contributed by atoms with Crippen molar-refractivity contribution >= 4 is 23.4 Å². The number of nitrogens with one attached hydrogen (secondary N) is 1. The maximum absolute atomic E-state index is 6.28. The lowest BCUT2D eigenvalue weighted by molar-refractivity contribution is 0.199. The number of benzene rings is 1. The Labute approximate surface area is 127 Å². The van der Waals surface area contributed by atoms with Crippen LogP contribution >= 0.6 is 23.4 Å². The number of rotatable bonds is 7. The van der Waals surface area contributed by atoms with Gasteiger partial charge in [-0.25, -0.2) is 4.98 Å². The Hall–Kier alpha value is -1.01. The van der Waals surface area contributed by atoms with Crippen LogP contribution in [-0.4, -0.2) is 25.2 Å². The molecular weight excluding hydrogens is 296 g/mol. The van der Waals surface area contributed by atoms with Gasteiger partial charge in [0.2, 0.25) is 0 Å². The van der Waals surface area contributed by atoms with E-state index in [2.05, 4.69) is 10.3 Å². The molecule has 0 aliphatic carbocycles. The largest absolute Gasteiger partial charge is 0.439 e. The summed E-state index contributed by atoms with van der Waals surface area (Å²) >= 11 is 7.73. The number of hydrogen-bond donors (Lipinski definition) is 1. The molecule has 0 spiro atoms. The predicted molar refractivity (Wildman–Crippen MR) is 80.4 cm³/mol. The van der Waals surface area contributed by atoms with E-state index in [9.17, 15) is 0 Å². The fraction of sp³-hybridized carbons (Fsp3) is 0.357. The van der Waals surface area contributed by atoms with E-state index in [1.165, 1.54) is 11.8 Å². The van der Waals surface area contributed by atoms with Gasteiger partial charge in [0.05, 0.1) is 17.3 Å². The summed E-state index contributed by atoms with van der Waals surface area (Å²) in [7, 11) is 1.69. The zero-order chi connectivity index (χ0) is 14.4. The highest BCUT2D eigenvalue weighted by Crippen LogP contribution is 2.35. The van der Waals surface area contributed by atoms with Crippen molar-refractivity contribution in [1.29, 1.82) is 0 Å². The highest BCUT2D eigenvalue weighted by atomic mass is 35.5. The fourth-order valence-electron chi connectivity index (χ4n) is 1.67. The molecule has 0 bridgehead atoms. The van der Waals surface area contributed by atoms with Crippen LogP contribution in [0.15, 0.2) is 39.0 Å². The van der Waals surface area contributed by atoms with Crippen LogP contribution in [0, 0.1) is 6.92 Å². The SMILES string of the molecule is COCCNCc1cccc(Cl)c1Sc1nc(C)co1. The van der Waals surface area contributed by atoms with Gasteiger partial charge in [-0.2, -0.15) is 0 Å². The summed E-state index contributed by atoms with van der Waals surface area (Å²) in [5.41, 5.74) is 1.98. The Kier molecular flexibility index (Phi) is 5.91. The zero-order valence-corrected chi connectivity index (χ0v) is 13.1. The summed E-state index contributed by atoms with van der Waals surface area (Å²) in [6, 6.07) is 5.86. The molecule has 0 amide bonds. The Morgan fingerprint density at radius 1 is 1.45 bits per heavy atom. The molecular formula is C14H17ClN2O2S. The Morgan fingerprint density at radius 2 is 2.30 bits per heavy atom. The summed E-state index contributed by atoms with van der Waals surface area (Å²) in [5, 5.41) is 4.62. The van der Waals surface area contributed by atoms with Gasteiger partial charge in [-0.05, 0) is 30.3 Å². The van der Waals surface area contributed by atoms with E-state index < -0.39 is 0 Å². The van der Waals surface area contributed by atoms with E-state index in [1.807, 2.05) is 25.1 Å². The second kappa shape index (κ2) is 7.69. The lowest BCUT2D eigenvalue weighted by atomic mass is 10.2. The van der Waals surface area contributed by atoms with E-state index in [1.54, 1.807) is 13.4 Å². The monoisotopic (exact) mass is 312 g/mol. The number of aryl methyl sites for hydroxylation is 1. The first kappa shape index (κ1) is 15.4. The van der Waals surface area contributed by atoms with E-state index in [-0.39, 0.29) is 0 Å². The van der Waals surface area contributed by atoms with Gasteiger partial charge in [0.1, 0.15) is 6.26 Å². The molecule has 6 heteroatoms. The Morgan fingerprint density at radius 3 is 3.00 bits per heavy atom. The summed E-state index contributed by atoms with van der Waals surface area (Å²) < 4.78 is 10.4. The third-order valence-corrected chi connectivity index (χ3v) is 4.11. The maximum atomic E-state index is 6.28. The van der Waals surface area contributed by atoms with E-state index in [0.29, 0.717) is 16.9 Å². The average molecular weight is 313 g/mol. The topological polar surface area (TPSA) is 47.3 Å². The number of aromatic nitrogens is 1. The molecule has 0 aliphatic heterocycles. The number of ether oxygens (including phenoxy) is 1. The van der Waals surface area contributed by atoms with Gasteiger partial charge in [0, 0.05) is 25.1 Å². The molecule has 0 atom stereocenters. The third-order valence-electron chi connectivity index (χ3n) is 2.63. The van der Waals surface area contributed by atoms with Crippen LogP contribution in [0.1, 0.15) is 11.3 Å². The van der Waals surface area contributed by atoms with Crippen molar-refractivity contribution in [3.05, 3.63) is 40.7 Å². The van der Waals surface area contributed by atoms with Crippen molar-refractivity contribution in [2.45, 2.75) is 23.6 Å². The van der Waals surface area contributed by atoms with Crippen LogP contribution < -0.4 is 5.32 Å². The summed E-state index contributed by atoms with van der Waals surface area (Å²) in [6.07, 6.45) is 1.63. The minimum Gasteiger partial charge on any atom is -0.439 e. The minimum atomic E-state index is 0.605. The van der Waals surface area contributed by atoms with Crippen molar-refractivity contribution in [3.8, 4) is 0 Å². The van der Waals surface area contributed by atoms with Crippen LogP contribution in [0.4, 0.5) is 0 Å². The number of oxazole rings is 1. The third kappa shape index (κ3) is 4.24. The summed E-state index contributed by atoms with van der Waals surface area (Å²) in [5.74, 6) is 0. The van der Waals surface area contributed by atoms with E-state index >= 15 is 0 Å². The first-order valence-electron chi connectivity index (χ1n) is 6.27. The molecule has 2 rings (SSSR count). The second-order valence-electron chi connectivity index (χ2n) is 4.25. The van der Waals surface area contributed by atoms with Gasteiger partial charge in [-0.3, -0.25) is 0 Å². The number of halogens is 1. The molecule has 0 saturated carbocycles. The van der Waals surface area contributed by atoms with Gasteiger partial charge in [-0.15, -0.1) is 0 Å². The molecule has 2 aromatic rings. The van der Waals surface area contributed by atoms with Crippen molar-refractivity contribution in [3.63, 3.8) is 0 Å². The zero-order valence-electron chi connectivity index (χ0n) is 11.5. The first-order valence-corrected chi connectivity index (χ1v) is 7.47. The van der Waals surface area contributed by atoms with Crippen molar-refractivity contribution < 1.29 is 9.15 Å². The van der Waals surface area contributed by atoms with Crippen molar-refractivity contribution in [2.24, 2.45) is 0 Å². The van der Waals surface area contributed by atoms with E-state index in [4.69, 9.17) is 20.8 Å². The predicted octanol–water partition coefficient (Wildman–Crippen LogP) is 3.52. The Balaban J connectivity index is 2.09.